The molecule has 1 aliphatic rings. The van der Waals surface area contributed by atoms with Gasteiger partial charge in [-0.25, -0.2) is 0 Å². The molecule has 10 heteroatoms. The molecule has 1 aliphatic heterocycles. The molecule has 0 amide bonds. The van der Waals surface area contributed by atoms with E-state index in [1.54, 1.807) is 6.08 Å². The molecule has 262 valence electrons. The van der Waals surface area contributed by atoms with Gasteiger partial charge in [0.1, 0.15) is 31.0 Å². The molecule has 1 saturated heterocycles. The molecule has 6 unspecified atom stereocenters. The minimum atomic E-state index is -1.61. The van der Waals surface area contributed by atoms with Gasteiger partial charge >= 0.3 is 11.9 Å². The molecule has 0 aliphatic carbocycles. The maximum Gasteiger partial charge on any atom is 0.310 e. The van der Waals surface area contributed by atoms with Crippen molar-refractivity contribution in [1.82, 2.24) is 0 Å². The van der Waals surface area contributed by atoms with E-state index in [-0.39, 0.29) is 26.1 Å². The van der Waals surface area contributed by atoms with Crippen molar-refractivity contribution >= 4 is 11.9 Å². The van der Waals surface area contributed by atoms with Crippen LogP contribution < -0.4 is 0 Å². The molecule has 0 bridgehead atoms. The number of aliphatic hydroxyl groups is 4. The summed E-state index contributed by atoms with van der Waals surface area (Å²) in [6.45, 7) is 3.08. The van der Waals surface area contributed by atoms with E-state index in [1.807, 2.05) is 12.2 Å². The third-order valence-electron chi connectivity index (χ3n) is 7.20. The fraction of sp³-hybridized carbons (Fsp3) is 0.667. The van der Waals surface area contributed by atoms with E-state index in [0.29, 0.717) is 12.8 Å². The monoisotopic (exact) mass is 650 g/mol. The second kappa shape index (κ2) is 27.5. The lowest BCUT2D eigenvalue weighted by molar-refractivity contribution is -0.305. The maximum atomic E-state index is 12.5. The summed E-state index contributed by atoms with van der Waals surface area (Å²) in [5.74, 6) is -0.974. The Labute approximate surface area is 275 Å². The number of carbonyl (C=O) groups excluding carboxylic acids is 2. The Morgan fingerprint density at radius 2 is 1.26 bits per heavy atom. The van der Waals surface area contributed by atoms with Gasteiger partial charge in [-0.1, -0.05) is 107 Å². The minimum Gasteiger partial charge on any atom is -0.462 e. The summed E-state index contributed by atoms with van der Waals surface area (Å²) in [6.07, 6.45) is 23.0. The summed E-state index contributed by atoms with van der Waals surface area (Å²) in [5.41, 5.74) is 0. The molecule has 1 rings (SSSR count). The first-order valence-corrected chi connectivity index (χ1v) is 16.9. The molecular weight excluding hydrogens is 592 g/mol. The number of esters is 2. The second-order valence-electron chi connectivity index (χ2n) is 11.3. The van der Waals surface area contributed by atoms with Gasteiger partial charge in [-0.15, -0.1) is 0 Å². The van der Waals surface area contributed by atoms with Gasteiger partial charge in [0.05, 0.1) is 19.6 Å². The van der Waals surface area contributed by atoms with E-state index >= 15 is 0 Å². The average Bonchev–Trinajstić information content (AvgIpc) is 3.05. The van der Waals surface area contributed by atoms with E-state index < -0.39 is 55.4 Å². The van der Waals surface area contributed by atoms with Crippen molar-refractivity contribution in [2.24, 2.45) is 0 Å². The summed E-state index contributed by atoms with van der Waals surface area (Å²) in [6, 6.07) is 0. The first-order valence-electron chi connectivity index (χ1n) is 16.9. The molecule has 0 aromatic rings. The molecule has 0 radical (unpaired) electrons. The molecule has 0 aromatic carbocycles. The Hall–Kier alpha value is -2.60. The zero-order valence-corrected chi connectivity index (χ0v) is 27.8. The van der Waals surface area contributed by atoms with Gasteiger partial charge < -0.3 is 39.4 Å². The Bertz CT molecular complexity index is 939. The van der Waals surface area contributed by atoms with Gasteiger partial charge in [0.15, 0.2) is 12.4 Å². The normalized spacial score (nSPS) is 23.0. The van der Waals surface area contributed by atoms with E-state index in [9.17, 15) is 30.0 Å². The highest BCUT2D eigenvalue weighted by Crippen LogP contribution is 2.22. The van der Waals surface area contributed by atoms with E-state index in [4.69, 9.17) is 18.9 Å². The van der Waals surface area contributed by atoms with Gasteiger partial charge in [0.25, 0.3) is 0 Å². The Morgan fingerprint density at radius 3 is 1.85 bits per heavy atom. The molecule has 0 spiro atoms. The standard InChI is InChI=1S/C36H58O10/c1-3-5-7-9-11-12-13-14-15-16-17-18-19-21-23-25-32(39)45-29(27-43-31(38)24-22-20-10-8-6-4-2)28-44-36-35(42)34(41)33(40)30(26-37)46-36/h5,7,11-12,14-15,17-18,21,23,29-30,33-37,40-42H,3-4,6,8-10,13,16,19-20,22,24-28H2,1-2H3/b7-5-,12-11-,15-14-,18-17-,23-21-. The molecule has 0 saturated carbocycles. The summed E-state index contributed by atoms with van der Waals surface area (Å²) in [5, 5.41) is 39.7. The van der Waals surface area contributed by atoms with Crippen LogP contribution in [0, 0.1) is 0 Å². The summed E-state index contributed by atoms with van der Waals surface area (Å²) in [7, 11) is 0. The summed E-state index contributed by atoms with van der Waals surface area (Å²) in [4.78, 5) is 24.8. The van der Waals surface area contributed by atoms with Gasteiger partial charge in [0, 0.05) is 6.42 Å². The topological polar surface area (TPSA) is 152 Å². The molecule has 4 N–H and O–H groups in total. The zero-order valence-electron chi connectivity index (χ0n) is 27.8. The van der Waals surface area contributed by atoms with E-state index in [1.165, 1.54) is 6.42 Å². The Morgan fingerprint density at radius 1 is 0.696 bits per heavy atom. The molecule has 1 fully saturated rings. The quantitative estimate of drug-likeness (QED) is 0.0593. The highest BCUT2D eigenvalue weighted by atomic mass is 16.7. The Kier molecular flexibility index (Phi) is 24.8. The van der Waals surface area contributed by atoms with Crippen molar-refractivity contribution in [2.45, 2.75) is 134 Å². The maximum absolute atomic E-state index is 12.5. The van der Waals surface area contributed by atoms with E-state index in [0.717, 1.165) is 51.4 Å². The lowest BCUT2D eigenvalue weighted by Gasteiger charge is -2.39. The lowest BCUT2D eigenvalue weighted by Crippen LogP contribution is -2.59. The lowest BCUT2D eigenvalue weighted by atomic mass is 9.99. The van der Waals surface area contributed by atoms with Crippen LogP contribution in [0.3, 0.4) is 0 Å². The van der Waals surface area contributed by atoms with Crippen LogP contribution in [0.1, 0.15) is 97.3 Å². The SMILES string of the molecule is CC/C=C\C/C=C\C/C=C\C/C=C\C/C=C\CC(=O)OC(COC(=O)CCCCCCCC)COC1OC(CO)C(O)C(O)C1O. The fourth-order valence-electron chi connectivity index (χ4n) is 4.50. The second-order valence-corrected chi connectivity index (χ2v) is 11.3. The minimum absolute atomic E-state index is 0.00419. The van der Waals surface area contributed by atoms with Crippen LogP contribution in [-0.2, 0) is 28.5 Å². The van der Waals surface area contributed by atoms with Crippen LogP contribution in [0.25, 0.3) is 0 Å². The van der Waals surface area contributed by atoms with Gasteiger partial charge in [-0.2, -0.15) is 0 Å². The van der Waals surface area contributed by atoms with Gasteiger partial charge in [-0.05, 0) is 38.5 Å². The van der Waals surface area contributed by atoms with Crippen LogP contribution >= 0.6 is 0 Å². The number of hydrogen-bond acceptors (Lipinski definition) is 10. The molecule has 1 heterocycles. The summed E-state index contributed by atoms with van der Waals surface area (Å²) < 4.78 is 21.7. The smallest absolute Gasteiger partial charge is 0.310 e. The average molecular weight is 651 g/mol. The van der Waals surface area contributed by atoms with Crippen LogP contribution in [-0.4, -0.2) is 89.0 Å². The van der Waals surface area contributed by atoms with Crippen molar-refractivity contribution < 1.29 is 49.0 Å². The van der Waals surface area contributed by atoms with Gasteiger partial charge in [0.2, 0.25) is 0 Å². The van der Waals surface area contributed by atoms with Crippen molar-refractivity contribution in [3.63, 3.8) is 0 Å². The van der Waals surface area contributed by atoms with Gasteiger partial charge in [-0.3, -0.25) is 9.59 Å². The highest BCUT2D eigenvalue weighted by molar-refractivity contribution is 5.71. The number of hydrogen-bond donors (Lipinski definition) is 4. The van der Waals surface area contributed by atoms with Crippen molar-refractivity contribution in [1.29, 1.82) is 0 Å². The van der Waals surface area contributed by atoms with Crippen molar-refractivity contribution in [2.75, 3.05) is 19.8 Å². The zero-order chi connectivity index (χ0) is 33.8. The largest absolute Gasteiger partial charge is 0.462 e. The number of allylic oxidation sites excluding steroid dienone is 9. The van der Waals surface area contributed by atoms with E-state index in [2.05, 4.69) is 56.4 Å². The predicted octanol–water partition coefficient (Wildman–Crippen LogP) is 5.15. The number of aliphatic hydroxyl groups excluding tert-OH is 4. The number of ether oxygens (including phenoxy) is 4. The first kappa shape index (κ1) is 41.4. The fourth-order valence-corrected chi connectivity index (χ4v) is 4.50. The van der Waals surface area contributed by atoms with Crippen LogP contribution in [0.2, 0.25) is 0 Å². The van der Waals surface area contributed by atoms with Crippen LogP contribution in [0.4, 0.5) is 0 Å². The van der Waals surface area contributed by atoms with Crippen molar-refractivity contribution in [3.8, 4) is 0 Å². The number of carbonyl (C=O) groups is 2. The van der Waals surface area contributed by atoms with Crippen LogP contribution in [0.5, 0.6) is 0 Å². The third-order valence-corrected chi connectivity index (χ3v) is 7.20. The molecule has 0 aromatic heterocycles. The molecular formula is C36H58O10. The van der Waals surface area contributed by atoms with Crippen LogP contribution in [0.15, 0.2) is 60.8 Å². The third kappa shape index (κ3) is 19.8. The predicted molar refractivity (Wildman–Crippen MR) is 178 cm³/mol. The molecule has 46 heavy (non-hydrogen) atoms. The molecule has 6 atom stereocenters. The molecule has 10 nitrogen and oxygen atoms in total. The number of rotatable bonds is 25. The van der Waals surface area contributed by atoms with Crippen molar-refractivity contribution in [3.05, 3.63) is 60.8 Å². The summed E-state index contributed by atoms with van der Waals surface area (Å²) >= 11 is 0. The Balaban J connectivity index is 2.52. The first-order chi connectivity index (χ1) is 22.3. The number of unbranched alkanes of at least 4 members (excludes halogenated alkanes) is 5. The highest BCUT2D eigenvalue weighted by Gasteiger charge is 2.44.